The Kier molecular flexibility index (Phi) is 7.19. The summed E-state index contributed by atoms with van der Waals surface area (Å²) in [4.78, 5) is 35.2. The van der Waals surface area contributed by atoms with Gasteiger partial charge < -0.3 is 25.8 Å². The van der Waals surface area contributed by atoms with Crippen LogP contribution < -0.4 is 20.7 Å². The fraction of sp³-hybridized carbons (Fsp3) is 0.286. The zero-order chi connectivity index (χ0) is 21.4. The van der Waals surface area contributed by atoms with Crippen LogP contribution in [0.5, 0.6) is 5.75 Å². The zero-order valence-corrected chi connectivity index (χ0v) is 16.6. The van der Waals surface area contributed by atoms with Crippen molar-refractivity contribution in [2.75, 3.05) is 17.7 Å². The van der Waals surface area contributed by atoms with Gasteiger partial charge in [0.15, 0.2) is 0 Å². The molecule has 0 atom stereocenters. The Morgan fingerprint density at radius 1 is 1.00 bits per heavy atom. The van der Waals surface area contributed by atoms with Crippen molar-refractivity contribution in [3.63, 3.8) is 0 Å². The van der Waals surface area contributed by atoms with Crippen LogP contribution in [-0.2, 0) is 4.79 Å². The number of rotatable bonds is 8. The Balaban J connectivity index is 1.95. The van der Waals surface area contributed by atoms with Gasteiger partial charge >= 0.3 is 12.0 Å². The van der Waals surface area contributed by atoms with E-state index in [9.17, 15) is 14.4 Å². The molecule has 0 radical (unpaired) electrons. The molecule has 3 amide bonds. The van der Waals surface area contributed by atoms with Gasteiger partial charge in [-0.15, -0.1) is 0 Å². The molecule has 0 unspecified atom stereocenters. The van der Waals surface area contributed by atoms with Gasteiger partial charge in [0.2, 0.25) is 0 Å². The SMILES string of the molecule is COc1ccccc1NC(=O)c1ccc(NC(=O)NC(C)(C)CCC(=O)O)cc1. The van der Waals surface area contributed by atoms with Crippen LogP contribution in [-0.4, -0.2) is 35.7 Å². The molecular formula is C21H25N3O5. The number of aliphatic carboxylic acids is 1. The van der Waals surface area contributed by atoms with Crippen LogP contribution in [0, 0.1) is 0 Å². The minimum absolute atomic E-state index is 0.0384. The Bertz CT molecular complexity index is 878. The number of carbonyl (C=O) groups excluding carboxylic acids is 2. The molecule has 29 heavy (non-hydrogen) atoms. The van der Waals surface area contributed by atoms with Crippen molar-refractivity contribution < 1.29 is 24.2 Å². The first-order valence-electron chi connectivity index (χ1n) is 9.05. The zero-order valence-electron chi connectivity index (χ0n) is 16.6. The van der Waals surface area contributed by atoms with E-state index >= 15 is 0 Å². The number of amides is 3. The molecule has 0 saturated carbocycles. The highest BCUT2D eigenvalue weighted by atomic mass is 16.5. The van der Waals surface area contributed by atoms with E-state index in [0.717, 1.165) is 0 Å². The molecule has 0 aliphatic rings. The Morgan fingerprint density at radius 2 is 1.66 bits per heavy atom. The molecular weight excluding hydrogens is 374 g/mol. The lowest BCUT2D eigenvalue weighted by Gasteiger charge is -2.25. The smallest absolute Gasteiger partial charge is 0.319 e. The molecule has 2 rings (SSSR count). The lowest BCUT2D eigenvalue weighted by molar-refractivity contribution is -0.137. The van der Waals surface area contributed by atoms with Crippen molar-refractivity contribution in [3.05, 3.63) is 54.1 Å². The monoisotopic (exact) mass is 399 g/mol. The molecule has 8 heteroatoms. The van der Waals surface area contributed by atoms with Crippen LogP contribution in [0.2, 0.25) is 0 Å². The number of nitrogens with one attached hydrogen (secondary N) is 3. The van der Waals surface area contributed by atoms with E-state index in [1.807, 2.05) is 6.07 Å². The van der Waals surface area contributed by atoms with Gasteiger partial charge in [-0.2, -0.15) is 0 Å². The number of methoxy groups -OCH3 is 1. The van der Waals surface area contributed by atoms with Gasteiger partial charge in [0, 0.05) is 23.2 Å². The summed E-state index contributed by atoms with van der Waals surface area (Å²) in [7, 11) is 1.53. The second kappa shape index (κ2) is 9.59. The molecule has 0 fully saturated rings. The second-order valence-electron chi connectivity index (χ2n) is 7.09. The summed E-state index contributed by atoms with van der Waals surface area (Å²) < 4.78 is 5.21. The minimum atomic E-state index is -0.915. The summed E-state index contributed by atoms with van der Waals surface area (Å²) in [6.45, 7) is 3.50. The third-order valence-corrected chi connectivity index (χ3v) is 4.18. The molecule has 0 aliphatic heterocycles. The second-order valence-corrected chi connectivity index (χ2v) is 7.09. The van der Waals surface area contributed by atoms with Crippen LogP contribution in [0.3, 0.4) is 0 Å². The van der Waals surface area contributed by atoms with Gasteiger partial charge in [-0.1, -0.05) is 12.1 Å². The van der Waals surface area contributed by atoms with E-state index in [1.165, 1.54) is 7.11 Å². The molecule has 0 aliphatic carbocycles. The lowest BCUT2D eigenvalue weighted by atomic mass is 9.99. The van der Waals surface area contributed by atoms with E-state index < -0.39 is 17.5 Å². The van der Waals surface area contributed by atoms with Gasteiger partial charge in [-0.05, 0) is 56.7 Å². The molecule has 2 aromatic carbocycles. The van der Waals surface area contributed by atoms with Crippen LogP contribution >= 0.6 is 0 Å². The average molecular weight is 399 g/mol. The van der Waals surface area contributed by atoms with Gasteiger partial charge in [0.25, 0.3) is 5.91 Å². The van der Waals surface area contributed by atoms with Crippen molar-refractivity contribution in [3.8, 4) is 5.75 Å². The number of carbonyl (C=O) groups is 3. The highest BCUT2D eigenvalue weighted by Crippen LogP contribution is 2.24. The number of urea groups is 1. The predicted molar refractivity (Wildman–Crippen MR) is 110 cm³/mol. The summed E-state index contributed by atoms with van der Waals surface area (Å²) in [5.41, 5.74) is 0.816. The van der Waals surface area contributed by atoms with Crippen LogP contribution in [0.25, 0.3) is 0 Å². The van der Waals surface area contributed by atoms with Crippen LogP contribution in [0.15, 0.2) is 48.5 Å². The molecule has 2 aromatic rings. The van der Waals surface area contributed by atoms with Crippen molar-refractivity contribution in [2.45, 2.75) is 32.2 Å². The highest BCUT2D eigenvalue weighted by Gasteiger charge is 2.21. The van der Waals surface area contributed by atoms with E-state index in [-0.39, 0.29) is 12.3 Å². The summed E-state index contributed by atoms with van der Waals surface area (Å²) in [5.74, 6) is -0.663. The maximum Gasteiger partial charge on any atom is 0.319 e. The number of hydrogen-bond donors (Lipinski definition) is 4. The van der Waals surface area contributed by atoms with E-state index in [2.05, 4.69) is 16.0 Å². The van der Waals surface area contributed by atoms with Crippen molar-refractivity contribution in [2.24, 2.45) is 0 Å². The molecule has 154 valence electrons. The third kappa shape index (κ3) is 6.84. The summed E-state index contributed by atoms with van der Waals surface area (Å²) >= 11 is 0. The normalized spacial score (nSPS) is 10.7. The number of anilines is 2. The number of hydrogen-bond acceptors (Lipinski definition) is 4. The number of carboxylic acids is 1. The number of para-hydroxylation sites is 2. The number of carboxylic acid groups (broad SMARTS) is 1. The first kappa shape index (κ1) is 21.7. The van der Waals surface area contributed by atoms with Crippen LogP contribution in [0.1, 0.15) is 37.0 Å². The van der Waals surface area contributed by atoms with Gasteiger partial charge in [0.05, 0.1) is 12.8 Å². The molecule has 0 heterocycles. The summed E-state index contributed by atoms with van der Waals surface area (Å²) in [5, 5.41) is 17.0. The first-order valence-corrected chi connectivity index (χ1v) is 9.05. The molecule has 0 aromatic heterocycles. The van der Waals surface area contributed by atoms with Crippen molar-refractivity contribution >= 4 is 29.3 Å². The van der Waals surface area contributed by atoms with Crippen LogP contribution in [0.4, 0.5) is 16.2 Å². The Morgan fingerprint density at radius 3 is 2.28 bits per heavy atom. The minimum Gasteiger partial charge on any atom is -0.495 e. The molecule has 0 saturated heterocycles. The van der Waals surface area contributed by atoms with E-state index in [1.54, 1.807) is 56.3 Å². The number of ether oxygens (including phenoxy) is 1. The third-order valence-electron chi connectivity index (χ3n) is 4.18. The van der Waals surface area contributed by atoms with E-state index in [0.29, 0.717) is 29.1 Å². The summed E-state index contributed by atoms with van der Waals surface area (Å²) in [6, 6.07) is 13.0. The maximum absolute atomic E-state index is 12.4. The molecule has 0 bridgehead atoms. The highest BCUT2D eigenvalue weighted by molar-refractivity contribution is 6.05. The van der Waals surface area contributed by atoms with E-state index in [4.69, 9.17) is 9.84 Å². The quantitative estimate of drug-likeness (QED) is 0.540. The molecule has 0 spiro atoms. The lowest BCUT2D eigenvalue weighted by Crippen LogP contribution is -2.45. The largest absolute Gasteiger partial charge is 0.495 e. The molecule has 4 N–H and O–H groups in total. The topological polar surface area (TPSA) is 117 Å². The predicted octanol–water partition coefficient (Wildman–Crippen LogP) is 3.71. The van der Waals surface area contributed by atoms with Gasteiger partial charge in [-0.25, -0.2) is 4.79 Å². The fourth-order valence-electron chi connectivity index (χ4n) is 2.60. The van der Waals surface area contributed by atoms with Crippen molar-refractivity contribution in [1.29, 1.82) is 0 Å². The number of benzene rings is 2. The average Bonchev–Trinajstić information content (AvgIpc) is 2.67. The Hall–Kier alpha value is -3.55. The van der Waals surface area contributed by atoms with Gasteiger partial charge in [0.1, 0.15) is 5.75 Å². The fourth-order valence-corrected chi connectivity index (χ4v) is 2.60. The maximum atomic E-state index is 12.4. The Labute approximate surface area is 169 Å². The van der Waals surface area contributed by atoms with Gasteiger partial charge in [-0.3, -0.25) is 9.59 Å². The standard InChI is InChI=1S/C21H25N3O5/c1-21(2,13-12-18(25)26)24-20(28)22-15-10-8-14(9-11-15)19(27)23-16-6-4-5-7-17(16)29-3/h4-11H,12-13H2,1-3H3,(H,23,27)(H,25,26)(H2,22,24,28). The van der Waals surface area contributed by atoms with Crippen molar-refractivity contribution in [1.82, 2.24) is 5.32 Å². The molecule has 8 nitrogen and oxygen atoms in total. The first-order chi connectivity index (χ1) is 13.7. The summed E-state index contributed by atoms with van der Waals surface area (Å²) in [6.07, 6.45) is 0.265.